The smallest absolute Gasteiger partial charge is 0.168 e. The van der Waals surface area contributed by atoms with Crippen molar-refractivity contribution in [3.05, 3.63) is 65.1 Å². The Morgan fingerprint density at radius 1 is 1.10 bits per heavy atom. The van der Waals surface area contributed by atoms with Crippen LogP contribution in [0.25, 0.3) is 6.08 Å². The van der Waals surface area contributed by atoms with Crippen molar-refractivity contribution in [3.63, 3.8) is 0 Å². The Bertz CT molecular complexity index is 636. The maximum Gasteiger partial charge on any atom is 0.168 e. The predicted molar refractivity (Wildman–Crippen MR) is 86.9 cm³/mol. The quantitative estimate of drug-likeness (QED) is 0.817. The number of hydrogen-bond donors (Lipinski definition) is 0. The molecule has 0 heterocycles. The Balaban J connectivity index is 2.25. The van der Waals surface area contributed by atoms with Gasteiger partial charge in [0.25, 0.3) is 0 Å². The number of rotatable bonds is 6. The summed E-state index contributed by atoms with van der Waals surface area (Å²) in [6.07, 6.45) is 3.42. The summed E-state index contributed by atoms with van der Waals surface area (Å²) in [5.74, 6) is 1.32. The fourth-order valence-electron chi connectivity index (χ4n) is 1.88. The van der Waals surface area contributed by atoms with Crippen molar-refractivity contribution in [2.75, 3.05) is 13.4 Å². The van der Waals surface area contributed by atoms with Gasteiger partial charge in [-0.3, -0.25) is 4.21 Å². The second-order valence-electron chi connectivity index (χ2n) is 4.45. The number of methoxy groups -OCH3 is 1. The van der Waals surface area contributed by atoms with Gasteiger partial charge in [-0.15, -0.1) is 0 Å². The van der Waals surface area contributed by atoms with Crippen molar-refractivity contribution < 1.29 is 13.7 Å². The van der Waals surface area contributed by atoms with Crippen LogP contribution >= 0.6 is 0 Å². The monoisotopic (exact) mass is 302 g/mol. The molecule has 0 bridgehead atoms. The molecular formula is C17H18O3S. The van der Waals surface area contributed by atoms with E-state index < -0.39 is 10.8 Å². The molecule has 0 fully saturated rings. The summed E-state index contributed by atoms with van der Waals surface area (Å²) in [6, 6.07) is 15.6. The average molecular weight is 302 g/mol. The first-order valence-corrected chi connectivity index (χ1v) is 8.17. The fourth-order valence-corrected chi connectivity index (χ4v) is 2.22. The standard InChI is InChI=1S/C17H18O3S/c1-19-16-10-6-9-15(11-12-21(2)18)17(16)20-13-14-7-4-3-5-8-14/h3-12H,13H2,1-2H3/b12-11-. The number of para-hydroxylation sites is 1. The van der Waals surface area contributed by atoms with Crippen LogP contribution in [0.3, 0.4) is 0 Å². The number of benzene rings is 2. The van der Waals surface area contributed by atoms with Gasteiger partial charge < -0.3 is 9.47 Å². The third-order valence-corrected chi connectivity index (χ3v) is 3.41. The molecule has 1 unspecified atom stereocenters. The highest BCUT2D eigenvalue weighted by Crippen LogP contribution is 2.32. The molecule has 0 aliphatic heterocycles. The molecule has 0 aromatic heterocycles. The van der Waals surface area contributed by atoms with Gasteiger partial charge in [-0.1, -0.05) is 42.5 Å². The van der Waals surface area contributed by atoms with Crippen molar-refractivity contribution >= 4 is 16.9 Å². The third kappa shape index (κ3) is 4.46. The van der Waals surface area contributed by atoms with Crippen LogP contribution in [-0.2, 0) is 17.4 Å². The maximum atomic E-state index is 11.2. The molecule has 3 nitrogen and oxygen atoms in total. The van der Waals surface area contributed by atoms with Crippen LogP contribution < -0.4 is 9.47 Å². The first-order valence-electron chi connectivity index (χ1n) is 6.55. The van der Waals surface area contributed by atoms with E-state index in [2.05, 4.69) is 0 Å². The summed E-state index contributed by atoms with van der Waals surface area (Å²) in [6.45, 7) is 0.456. The van der Waals surface area contributed by atoms with E-state index in [4.69, 9.17) is 9.47 Å². The largest absolute Gasteiger partial charge is 0.493 e. The summed E-state index contributed by atoms with van der Waals surface area (Å²) < 4.78 is 22.5. The molecule has 0 aliphatic carbocycles. The van der Waals surface area contributed by atoms with Gasteiger partial charge in [-0.2, -0.15) is 0 Å². The first-order chi connectivity index (χ1) is 10.2. The van der Waals surface area contributed by atoms with E-state index in [1.807, 2.05) is 48.5 Å². The topological polar surface area (TPSA) is 35.5 Å². The van der Waals surface area contributed by atoms with Crippen LogP contribution in [0.15, 0.2) is 53.9 Å². The van der Waals surface area contributed by atoms with Crippen LogP contribution in [0.5, 0.6) is 11.5 Å². The Morgan fingerprint density at radius 2 is 1.86 bits per heavy atom. The highest BCUT2D eigenvalue weighted by molar-refractivity contribution is 7.87. The summed E-state index contributed by atoms with van der Waals surface area (Å²) in [5.41, 5.74) is 1.93. The van der Waals surface area contributed by atoms with Gasteiger partial charge >= 0.3 is 0 Å². The normalized spacial score (nSPS) is 12.3. The third-order valence-electron chi connectivity index (χ3n) is 2.89. The van der Waals surface area contributed by atoms with Gasteiger partial charge in [0.05, 0.1) is 7.11 Å². The molecule has 2 rings (SSSR count). The van der Waals surface area contributed by atoms with Crippen molar-refractivity contribution in [2.45, 2.75) is 6.61 Å². The maximum absolute atomic E-state index is 11.2. The minimum atomic E-state index is -1.000. The van der Waals surface area contributed by atoms with Crippen LogP contribution in [0, 0.1) is 0 Å². The molecule has 110 valence electrons. The zero-order valence-corrected chi connectivity index (χ0v) is 12.9. The van der Waals surface area contributed by atoms with E-state index in [1.165, 1.54) is 0 Å². The second kappa shape index (κ2) is 7.64. The molecule has 0 N–H and O–H groups in total. The van der Waals surface area contributed by atoms with Crippen molar-refractivity contribution in [1.29, 1.82) is 0 Å². The Kier molecular flexibility index (Phi) is 5.58. The predicted octanol–water partition coefficient (Wildman–Crippen LogP) is 3.62. The molecule has 2 aromatic rings. The highest BCUT2D eigenvalue weighted by Gasteiger charge is 2.09. The van der Waals surface area contributed by atoms with Gasteiger partial charge in [0, 0.05) is 28.0 Å². The van der Waals surface area contributed by atoms with Crippen molar-refractivity contribution in [3.8, 4) is 11.5 Å². The first kappa shape index (κ1) is 15.3. The zero-order valence-electron chi connectivity index (χ0n) is 12.1. The minimum absolute atomic E-state index is 0.456. The molecule has 0 saturated carbocycles. The fraction of sp³-hybridized carbons (Fsp3) is 0.176. The lowest BCUT2D eigenvalue weighted by Crippen LogP contribution is -1.99. The van der Waals surface area contributed by atoms with E-state index in [0.29, 0.717) is 18.1 Å². The summed E-state index contributed by atoms with van der Waals surface area (Å²) in [4.78, 5) is 0. The van der Waals surface area contributed by atoms with Crippen molar-refractivity contribution in [1.82, 2.24) is 0 Å². The molecule has 21 heavy (non-hydrogen) atoms. The molecule has 0 saturated heterocycles. The van der Waals surface area contributed by atoms with E-state index in [-0.39, 0.29) is 0 Å². The summed E-state index contributed by atoms with van der Waals surface area (Å²) in [5, 5.41) is 1.63. The lowest BCUT2D eigenvalue weighted by molar-refractivity contribution is 0.284. The van der Waals surface area contributed by atoms with Crippen LogP contribution in [0.2, 0.25) is 0 Å². The van der Waals surface area contributed by atoms with Gasteiger partial charge in [0.15, 0.2) is 11.5 Å². The molecular weight excluding hydrogens is 284 g/mol. The summed E-state index contributed by atoms with van der Waals surface area (Å²) in [7, 11) is 0.608. The minimum Gasteiger partial charge on any atom is -0.493 e. The highest BCUT2D eigenvalue weighted by atomic mass is 32.2. The lowest BCUT2D eigenvalue weighted by atomic mass is 10.2. The van der Waals surface area contributed by atoms with E-state index in [1.54, 1.807) is 24.8 Å². The molecule has 1 atom stereocenters. The van der Waals surface area contributed by atoms with Gasteiger partial charge in [0.2, 0.25) is 0 Å². The molecule has 0 spiro atoms. The Labute approximate surface area is 127 Å². The molecule has 0 amide bonds. The second-order valence-corrected chi connectivity index (χ2v) is 5.72. The Hall–Kier alpha value is -2.07. The van der Waals surface area contributed by atoms with Crippen molar-refractivity contribution in [2.24, 2.45) is 0 Å². The molecule has 0 aliphatic rings. The van der Waals surface area contributed by atoms with Gasteiger partial charge in [-0.05, 0) is 17.7 Å². The number of hydrogen-bond acceptors (Lipinski definition) is 3. The van der Waals surface area contributed by atoms with E-state index in [0.717, 1.165) is 11.1 Å². The molecule has 0 radical (unpaired) electrons. The number of ether oxygens (including phenoxy) is 2. The average Bonchev–Trinajstić information content (AvgIpc) is 2.52. The van der Waals surface area contributed by atoms with Crippen LogP contribution in [0.4, 0.5) is 0 Å². The molecule has 4 heteroatoms. The van der Waals surface area contributed by atoms with Gasteiger partial charge in [-0.25, -0.2) is 0 Å². The molecule has 2 aromatic carbocycles. The van der Waals surface area contributed by atoms with E-state index >= 15 is 0 Å². The van der Waals surface area contributed by atoms with Gasteiger partial charge in [0.1, 0.15) is 6.61 Å². The SMILES string of the molecule is COc1cccc(/C=C\S(C)=O)c1OCc1ccccc1. The lowest BCUT2D eigenvalue weighted by Gasteiger charge is -2.13. The summed E-state index contributed by atoms with van der Waals surface area (Å²) >= 11 is 0. The van der Waals surface area contributed by atoms with E-state index in [9.17, 15) is 4.21 Å². The van der Waals surface area contributed by atoms with Crippen LogP contribution in [-0.4, -0.2) is 17.6 Å². The van der Waals surface area contributed by atoms with Crippen LogP contribution in [0.1, 0.15) is 11.1 Å². The zero-order chi connectivity index (χ0) is 15.1. The Morgan fingerprint density at radius 3 is 2.52 bits per heavy atom.